The van der Waals surface area contributed by atoms with Gasteiger partial charge in [0.2, 0.25) is 5.91 Å². The van der Waals surface area contributed by atoms with Crippen molar-refractivity contribution in [1.82, 2.24) is 10.2 Å². The Bertz CT molecular complexity index is 243. The molecular weight excluding hydrogens is 208 g/mol. The van der Waals surface area contributed by atoms with Crippen molar-refractivity contribution in [3.63, 3.8) is 0 Å². The van der Waals surface area contributed by atoms with Crippen LogP contribution in [0, 0.1) is 5.92 Å². The predicted octanol–water partition coefficient (Wildman–Crippen LogP) is 0.554. The van der Waals surface area contributed by atoms with Crippen LogP contribution in [0.1, 0.15) is 26.7 Å². The molecule has 0 rings (SSSR count). The monoisotopic (exact) mass is 230 g/mol. The number of aliphatic carboxylic acids is 1. The maximum absolute atomic E-state index is 11.3. The first-order valence-electron chi connectivity index (χ1n) is 5.52. The number of hydrogen-bond donors (Lipinski definition) is 2. The van der Waals surface area contributed by atoms with E-state index in [2.05, 4.69) is 5.32 Å². The Labute approximate surface area is 96.8 Å². The molecular formula is C11H22N2O3. The number of nitrogens with one attached hydrogen (secondary N) is 1. The van der Waals surface area contributed by atoms with Crippen LogP contribution < -0.4 is 5.32 Å². The van der Waals surface area contributed by atoms with Crippen LogP contribution in [0.5, 0.6) is 0 Å². The summed E-state index contributed by atoms with van der Waals surface area (Å²) in [4.78, 5) is 23.7. The summed E-state index contributed by atoms with van der Waals surface area (Å²) < 4.78 is 0. The van der Waals surface area contributed by atoms with E-state index in [1.807, 2.05) is 25.8 Å². The van der Waals surface area contributed by atoms with E-state index < -0.39 is 5.97 Å². The molecule has 0 spiro atoms. The first-order chi connectivity index (χ1) is 7.38. The molecule has 16 heavy (non-hydrogen) atoms. The number of amides is 1. The third-order valence-corrected chi connectivity index (χ3v) is 2.78. The third kappa shape index (κ3) is 5.70. The van der Waals surface area contributed by atoms with Gasteiger partial charge >= 0.3 is 5.97 Å². The molecule has 0 radical (unpaired) electrons. The van der Waals surface area contributed by atoms with Gasteiger partial charge in [-0.3, -0.25) is 9.59 Å². The lowest BCUT2D eigenvalue weighted by Gasteiger charge is -2.26. The smallest absolute Gasteiger partial charge is 0.303 e. The summed E-state index contributed by atoms with van der Waals surface area (Å²) in [5.41, 5.74) is 0. The van der Waals surface area contributed by atoms with Gasteiger partial charge in [-0.2, -0.15) is 0 Å². The molecule has 0 heterocycles. The highest BCUT2D eigenvalue weighted by Crippen LogP contribution is 2.07. The minimum Gasteiger partial charge on any atom is -0.481 e. The van der Waals surface area contributed by atoms with Crippen molar-refractivity contribution in [1.29, 1.82) is 0 Å². The summed E-state index contributed by atoms with van der Waals surface area (Å²) >= 11 is 0. The van der Waals surface area contributed by atoms with E-state index in [1.54, 1.807) is 7.05 Å². The molecule has 2 atom stereocenters. The van der Waals surface area contributed by atoms with Crippen LogP contribution in [0.15, 0.2) is 0 Å². The Morgan fingerprint density at radius 2 is 1.94 bits per heavy atom. The van der Waals surface area contributed by atoms with Crippen molar-refractivity contribution in [2.24, 2.45) is 5.92 Å². The maximum Gasteiger partial charge on any atom is 0.303 e. The highest BCUT2D eigenvalue weighted by molar-refractivity contribution is 5.78. The summed E-state index contributed by atoms with van der Waals surface area (Å²) in [7, 11) is 3.53. The van der Waals surface area contributed by atoms with E-state index in [0.717, 1.165) is 0 Å². The standard InChI is InChI=1S/C11H22N2O3/c1-8(11(16)12-3)7-13(4)9(2)5-6-10(14)15/h8-9H,5-7H2,1-4H3,(H,12,16)(H,14,15). The Balaban J connectivity index is 3.99. The molecule has 0 aliphatic carbocycles. The van der Waals surface area contributed by atoms with Crippen molar-refractivity contribution in [3.05, 3.63) is 0 Å². The number of carboxylic acid groups (broad SMARTS) is 1. The fraction of sp³-hybridized carbons (Fsp3) is 0.818. The lowest BCUT2D eigenvalue weighted by Crippen LogP contribution is -2.38. The molecule has 94 valence electrons. The van der Waals surface area contributed by atoms with Crippen molar-refractivity contribution in [2.75, 3.05) is 20.6 Å². The molecule has 0 aromatic rings. The maximum atomic E-state index is 11.3. The minimum atomic E-state index is -0.778. The molecule has 5 heteroatoms. The Morgan fingerprint density at radius 3 is 2.38 bits per heavy atom. The van der Waals surface area contributed by atoms with Crippen LogP contribution in [0.4, 0.5) is 0 Å². The highest BCUT2D eigenvalue weighted by Gasteiger charge is 2.17. The number of nitrogens with zero attached hydrogens (tertiary/aromatic N) is 1. The van der Waals surface area contributed by atoms with E-state index in [1.165, 1.54) is 0 Å². The molecule has 2 N–H and O–H groups in total. The van der Waals surface area contributed by atoms with E-state index >= 15 is 0 Å². The second-order valence-electron chi connectivity index (χ2n) is 4.24. The average molecular weight is 230 g/mol. The van der Waals surface area contributed by atoms with Crippen LogP contribution in [0.3, 0.4) is 0 Å². The average Bonchev–Trinajstić information content (AvgIpc) is 2.24. The first kappa shape index (κ1) is 14.9. The van der Waals surface area contributed by atoms with Crippen LogP contribution in [0.2, 0.25) is 0 Å². The molecule has 5 nitrogen and oxygen atoms in total. The fourth-order valence-corrected chi connectivity index (χ4v) is 1.49. The lowest BCUT2D eigenvalue weighted by atomic mass is 10.1. The molecule has 0 aliphatic rings. The molecule has 0 bridgehead atoms. The van der Waals surface area contributed by atoms with Gasteiger partial charge in [0.1, 0.15) is 0 Å². The summed E-state index contributed by atoms with van der Waals surface area (Å²) in [6.45, 7) is 4.47. The van der Waals surface area contributed by atoms with Gasteiger partial charge in [0.05, 0.1) is 0 Å². The van der Waals surface area contributed by atoms with Crippen LogP contribution in [-0.2, 0) is 9.59 Å². The molecule has 0 saturated carbocycles. The second kappa shape index (κ2) is 7.22. The van der Waals surface area contributed by atoms with Gasteiger partial charge in [0.25, 0.3) is 0 Å². The van der Waals surface area contributed by atoms with Gasteiger partial charge in [0, 0.05) is 32.0 Å². The van der Waals surface area contributed by atoms with Gasteiger partial charge < -0.3 is 15.3 Å². The predicted molar refractivity (Wildman–Crippen MR) is 62.2 cm³/mol. The van der Waals surface area contributed by atoms with E-state index in [9.17, 15) is 9.59 Å². The zero-order chi connectivity index (χ0) is 12.7. The number of hydrogen-bond acceptors (Lipinski definition) is 3. The zero-order valence-electron chi connectivity index (χ0n) is 10.5. The minimum absolute atomic E-state index is 0.0114. The van der Waals surface area contributed by atoms with Gasteiger partial charge in [0.15, 0.2) is 0 Å². The second-order valence-corrected chi connectivity index (χ2v) is 4.24. The first-order valence-corrected chi connectivity index (χ1v) is 5.52. The molecule has 2 unspecified atom stereocenters. The number of carboxylic acids is 1. The normalized spacial score (nSPS) is 14.6. The van der Waals surface area contributed by atoms with Crippen molar-refractivity contribution in [2.45, 2.75) is 32.7 Å². The Morgan fingerprint density at radius 1 is 1.38 bits per heavy atom. The van der Waals surface area contributed by atoms with Crippen LogP contribution >= 0.6 is 0 Å². The van der Waals surface area contributed by atoms with Crippen LogP contribution in [0.25, 0.3) is 0 Å². The van der Waals surface area contributed by atoms with Crippen molar-refractivity contribution < 1.29 is 14.7 Å². The van der Waals surface area contributed by atoms with E-state index in [0.29, 0.717) is 13.0 Å². The molecule has 0 saturated heterocycles. The van der Waals surface area contributed by atoms with Crippen molar-refractivity contribution >= 4 is 11.9 Å². The van der Waals surface area contributed by atoms with Gasteiger partial charge in [-0.1, -0.05) is 6.92 Å². The molecule has 0 aromatic carbocycles. The summed E-state index contributed by atoms with van der Waals surface area (Å²) in [6.07, 6.45) is 0.770. The highest BCUT2D eigenvalue weighted by atomic mass is 16.4. The molecule has 0 aromatic heterocycles. The summed E-state index contributed by atoms with van der Waals surface area (Å²) in [5, 5.41) is 11.2. The number of rotatable bonds is 7. The lowest BCUT2D eigenvalue weighted by molar-refractivity contribution is -0.137. The molecule has 0 aliphatic heterocycles. The van der Waals surface area contributed by atoms with E-state index in [4.69, 9.17) is 5.11 Å². The SMILES string of the molecule is CNC(=O)C(C)CN(C)C(C)CCC(=O)O. The summed E-state index contributed by atoms with van der Waals surface area (Å²) in [5.74, 6) is -0.848. The Hall–Kier alpha value is -1.10. The topological polar surface area (TPSA) is 69.6 Å². The summed E-state index contributed by atoms with van der Waals surface area (Å²) in [6, 6.07) is 0.170. The quantitative estimate of drug-likeness (QED) is 0.670. The van der Waals surface area contributed by atoms with Gasteiger partial charge in [-0.25, -0.2) is 0 Å². The van der Waals surface area contributed by atoms with Gasteiger partial charge in [-0.15, -0.1) is 0 Å². The van der Waals surface area contributed by atoms with Gasteiger partial charge in [-0.05, 0) is 20.4 Å². The van der Waals surface area contributed by atoms with Crippen molar-refractivity contribution in [3.8, 4) is 0 Å². The third-order valence-electron chi connectivity index (χ3n) is 2.78. The molecule has 0 fully saturated rings. The number of carbonyl (C=O) groups is 2. The largest absolute Gasteiger partial charge is 0.481 e. The van der Waals surface area contributed by atoms with Crippen LogP contribution in [-0.4, -0.2) is 48.6 Å². The fourth-order valence-electron chi connectivity index (χ4n) is 1.49. The Kier molecular flexibility index (Phi) is 6.72. The molecule has 1 amide bonds. The number of carbonyl (C=O) groups excluding carboxylic acids is 1. The van der Waals surface area contributed by atoms with E-state index in [-0.39, 0.29) is 24.3 Å². The zero-order valence-corrected chi connectivity index (χ0v) is 10.5.